The SMILES string of the molecule is C=C(C)C1=C(C#N)C(C)=C(F)C(C)(F)C1/C=C/C. The standard InChI is InChI=1S/C15H17F2N/c1-6-7-12-13(9(2)3)11(8-18)10(4)14(16)15(12,5)17/h6-7,12H,2H2,1,3-5H3/b7-6+. The molecule has 18 heavy (non-hydrogen) atoms. The minimum atomic E-state index is -2.13. The third-order valence-electron chi connectivity index (χ3n) is 3.25. The normalized spacial score (nSPS) is 28.8. The molecule has 2 unspecified atom stereocenters. The lowest BCUT2D eigenvalue weighted by molar-refractivity contribution is 0.154. The smallest absolute Gasteiger partial charge is 0.169 e. The van der Waals surface area contributed by atoms with Crippen molar-refractivity contribution in [1.82, 2.24) is 0 Å². The summed E-state index contributed by atoms with van der Waals surface area (Å²) in [6, 6.07) is 1.96. The lowest BCUT2D eigenvalue weighted by Crippen LogP contribution is -2.35. The average molecular weight is 249 g/mol. The molecule has 0 aromatic heterocycles. The van der Waals surface area contributed by atoms with Crippen LogP contribution in [0.3, 0.4) is 0 Å². The highest BCUT2D eigenvalue weighted by Crippen LogP contribution is 2.47. The van der Waals surface area contributed by atoms with E-state index in [2.05, 4.69) is 6.58 Å². The van der Waals surface area contributed by atoms with Crippen LogP contribution in [0.1, 0.15) is 27.7 Å². The molecule has 1 aliphatic carbocycles. The van der Waals surface area contributed by atoms with Crippen LogP contribution in [0.25, 0.3) is 0 Å². The van der Waals surface area contributed by atoms with Gasteiger partial charge in [-0.15, -0.1) is 0 Å². The van der Waals surface area contributed by atoms with E-state index in [0.29, 0.717) is 11.1 Å². The zero-order valence-electron chi connectivity index (χ0n) is 11.1. The Morgan fingerprint density at radius 2 is 2.11 bits per heavy atom. The minimum absolute atomic E-state index is 0.0706. The first-order valence-electron chi connectivity index (χ1n) is 5.78. The molecule has 3 heteroatoms. The van der Waals surface area contributed by atoms with E-state index in [0.717, 1.165) is 0 Å². The number of allylic oxidation sites excluding steroid dienone is 7. The molecule has 0 N–H and O–H groups in total. The highest BCUT2D eigenvalue weighted by molar-refractivity contribution is 5.58. The van der Waals surface area contributed by atoms with Gasteiger partial charge in [0, 0.05) is 11.5 Å². The molecule has 0 saturated carbocycles. The maximum Gasteiger partial charge on any atom is 0.169 e. The summed E-state index contributed by atoms with van der Waals surface area (Å²) in [6.07, 6.45) is 3.24. The van der Waals surface area contributed by atoms with Crippen molar-refractivity contribution in [2.45, 2.75) is 33.4 Å². The molecule has 0 aliphatic heterocycles. The topological polar surface area (TPSA) is 23.8 Å². The van der Waals surface area contributed by atoms with E-state index in [9.17, 15) is 8.78 Å². The van der Waals surface area contributed by atoms with E-state index < -0.39 is 17.4 Å². The number of nitriles is 1. The maximum absolute atomic E-state index is 14.6. The molecule has 0 heterocycles. The first-order chi connectivity index (χ1) is 8.28. The van der Waals surface area contributed by atoms with Gasteiger partial charge in [0.15, 0.2) is 5.67 Å². The summed E-state index contributed by atoms with van der Waals surface area (Å²) in [5, 5.41) is 9.16. The number of hydrogen-bond donors (Lipinski definition) is 0. The van der Waals surface area contributed by atoms with Crippen molar-refractivity contribution in [3.05, 3.63) is 46.9 Å². The van der Waals surface area contributed by atoms with Gasteiger partial charge in [-0.25, -0.2) is 8.78 Å². The molecule has 2 atom stereocenters. The molecule has 0 amide bonds. The first-order valence-corrected chi connectivity index (χ1v) is 5.78. The van der Waals surface area contributed by atoms with Crippen molar-refractivity contribution in [2.75, 3.05) is 0 Å². The Hall–Kier alpha value is -1.69. The third-order valence-corrected chi connectivity index (χ3v) is 3.25. The molecule has 1 nitrogen and oxygen atoms in total. The number of alkyl halides is 1. The Bertz CT molecular complexity index is 513. The van der Waals surface area contributed by atoms with Crippen LogP contribution in [-0.4, -0.2) is 5.67 Å². The fraction of sp³-hybridized carbons (Fsp3) is 0.400. The molecule has 96 valence electrons. The Balaban J connectivity index is 3.67. The summed E-state index contributed by atoms with van der Waals surface area (Å²) in [5.41, 5.74) is -0.796. The van der Waals surface area contributed by atoms with Crippen LogP contribution in [-0.2, 0) is 0 Å². The van der Waals surface area contributed by atoms with Gasteiger partial charge in [0.2, 0.25) is 0 Å². The van der Waals surface area contributed by atoms with Crippen LogP contribution >= 0.6 is 0 Å². The van der Waals surface area contributed by atoms with E-state index >= 15 is 0 Å². The van der Waals surface area contributed by atoms with E-state index in [1.165, 1.54) is 13.8 Å². The Morgan fingerprint density at radius 3 is 2.50 bits per heavy atom. The van der Waals surface area contributed by atoms with Crippen LogP contribution < -0.4 is 0 Å². The van der Waals surface area contributed by atoms with Gasteiger partial charge in [0.05, 0.1) is 11.6 Å². The van der Waals surface area contributed by atoms with Crippen LogP contribution in [0, 0.1) is 17.2 Å². The van der Waals surface area contributed by atoms with Crippen LogP contribution in [0.4, 0.5) is 8.78 Å². The van der Waals surface area contributed by atoms with Crippen molar-refractivity contribution < 1.29 is 8.78 Å². The Kier molecular flexibility index (Phi) is 3.91. The molecular weight excluding hydrogens is 232 g/mol. The highest BCUT2D eigenvalue weighted by atomic mass is 19.2. The Labute approximate surface area is 107 Å². The quantitative estimate of drug-likeness (QED) is 0.658. The monoisotopic (exact) mass is 249 g/mol. The van der Waals surface area contributed by atoms with Crippen LogP contribution in [0.2, 0.25) is 0 Å². The summed E-state index contributed by atoms with van der Waals surface area (Å²) in [6.45, 7) is 9.85. The van der Waals surface area contributed by atoms with Gasteiger partial charge >= 0.3 is 0 Å². The predicted molar refractivity (Wildman–Crippen MR) is 69.1 cm³/mol. The van der Waals surface area contributed by atoms with E-state index in [1.54, 1.807) is 26.0 Å². The summed E-state index contributed by atoms with van der Waals surface area (Å²) in [7, 11) is 0. The molecule has 0 bridgehead atoms. The largest absolute Gasteiger partial charge is 0.235 e. The number of nitrogens with zero attached hydrogens (tertiary/aromatic N) is 1. The fourth-order valence-corrected chi connectivity index (χ4v) is 2.33. The molecule has 0 aromatic rings. The summed E-state index contributed by atoms with van der Waals surface area (Å²) >= 11 is 0. The molecule has 0 saturated heterocycles. The second-order valence-corrected chi connectivity index (χ2v) is 4.70. The zero-order chi connectivity index (χ0) is 14.1. The van der Waals surface area contributed by atoms with Crippen LogP contribution in [0.15, 0.2) is 46.9 Å². The van der Waals surface area contributed by atoms with Gasteiger partial charge in [0.25, 0.3) is 0 Å². The minimum Gasteiger partial charge on any atom is -0.235 e. The molecule has 0 aromatic carbocycles. The fourth-order valence-electron chi connectivity index (χ4n) is 2.33. The van der Waals surface area contributed by atoms with Gasteiger partial charge < -0.3 is 0 Å². The second kappa shape index (κ2) is 4.89. The molecule has 1 aliphatic rings. The maximum atomic E-state index is 14.6. The number of rotatable bonds is 2. The second-order valence-electron chi connectivity index (χ2n) is 4.70. The Morgan fingerprint density at radius 1 is 1.56 bits per heavy atom. The van der Waals surface area contributed by atoms with Crippen molar-refractivity contribution in [3.8, 4) is 6.07 Å². The summed E-state index contributed by atoms with van der Waals surface area (Å²) in [4.78, 5) is 0. The molecule has 1 rings (SSSR count). The van der Waals surface area contributed by atoms with Gasteiger partial charge in [-0.2, -0.15) is 5.26 Å². The third kappa shape index (κ3) is 2.03. The number of hydrogen-bond acceptors (Lipinski definition) is 1. The zero-order valence-corrected chi connectivity index (χ0v) is 11.1. The number of halogens is 2. The van der Waals surface area contributed by atoms with E-state index in [4.69, 9.17) is 5.26 Å². The van der Waals surface area contributed by atoms with Gasteiger partial charge in [-0.1, -0.05) is 24.3 Å². The van der Waals surface area contributed by atoms with Gasteiger partial charge in [0.1, 0.15) is 5.83 Å². The van der Waals surface area contributed by atoms with Crippen molar-refractivity contribution in [1.29, 1.82) is 5.26 Å². The highest BCUT2D eigenvalue weighted by Gasteiger charge is 2.45. The molecule has 0 fully saturated rings. The predicted octanol–water partition coefficient (Wildman–Crippen LogP) is 4.56. The van der Waals surface area contributed by atoms with Crippen LogP contribution in [0.5, 0.6) is 0 Å². The molecule has 0 spiro atoms. The first kappa shape index (κ1) is 14.4. The average Bonchev–Trinajstić information content (AvgIpc) is 2.29. The van der Waals surface area contributed by atoms with Gasteiger partial charge in [-0.05, 0) is 33.3 Å². The summed E-state index contributed by atoms with van der Waals surface area (Å²) < 4.78 is 28.7. The molecule has 0 radical (unpaired) electrons. The summed E-state index contributed by atoms with van der Waals surface area (Å²) in [5.74, 6) is -1.68. The van der Waals surface area contributed by atoms with Gasteiger partial charge in [-0.3, -0.25) is 0 Å². The lowest BCUT2D eigenvalue weighted by Gasteiger charge is -2.35. The van der Waals surface area contributed by atoms with Crippen molar-refractivity contribution in [3.63, 3.8) is 0 Å². The van der Waals surface area contributed by atoms with Crippen molar-refractivity contribution in [2.24, 2.45) is 5.92 Å². The lowest BCUT2D eigenvalue weighted by atomic mass is 9.72. The van der Waals surface area contributed by atoms with E-state index in [1.807, 2.05) is 6.07 Å². The van der Waals surface area contributed by atoms with E-state index in [-0.39, 0.29) is 11.1 Å². The molecular formula is C15H17F2N. The van der Waals surface area contributed by atoms with Crippen molar-refractivity contribution >= 4 is 0 Å².